The molecule has 0 saturated carbocycles. The summed E-state index contributed by atoms with van der Waals surface area (Å²) >= 11 is -0.750. The zero-order valence-electron chi connectivity index (χ0n) is 9.20. The molecule has 0 N–H and O–H groups in total. The summed E-state index contributed by atoms with van der Waals surface area (Å²) in [7, 11) is 1.96. The zero-order valence-corrected chi connectivity index (χ0v) is 10.0. The molecule has 0 aliphatic heterocycles. The van der Waals surface area contributed by atoms with Crippen molar-refractivity contribution in [1.29, 1.82) is 0 Å². The molecular weight excluding hydrogens is 200 g/mol. The first-order chi connectivity index (χ1) is 6.32. The van der Waals surface area contributed by atoms with E-state index in [2.05, 4.69) is 39.0 Å². The van der Waals surface area contributed by atoms with E-state index in [4.69, 9.17) is 8.42 Å². The maximum atomic E-state index is 8.29. The third-order valence-electron chi connectivity index (χ3n) is 1.72. The maximum absolute atomic E-state index is 8.29. The largest absolute Gasteiger partial charge is 0.335 e. The Morgan fingerprint density at radius 3 is 1.93 bits per heavy atom. The van der Waals surface area contributed by atoms with Crippen molar-refractivity contribution in [3.63, 3.8) is 0 Å². The molecule has 0 unspecified atom stereocenters. The van der Waals surface area contributed by atoms with E-state index in [0.29, 0.717) is 0 Å². The second kappa shape index (κ2) is 5.05. The number of hydrogen-bond donors (Lipinski definition) is 0. The van der Waals surface area contributed by atoms with Crippen molar-refractivity contribution in [2.75, 3.05) is 0 Å². The SMILES string of the molecule is Cc1cn(C)nc1C(C)(C)C.O=S=O. The van der Waals surface area contributed by atoms with Crippen molar-refractivity contribution in [3.05, 3.63) is 17.5 Å². The van der Waals surface area contributed by atoms with Gasteiger partial charge in [0.1, 0.15) is 0 Å². The molecule has 14 heavy (non-hydrogen) atoms. The van der Waals surface area contributed by atoms with Gasteiger partial charge in [-0.2, -0.15) is 13.5 Å². The Morgan fingerprint density at radius 2 is 1.79 bits per heavy atom. The van der Waals surface area contributed by atoms with Gasteiger partial charge in [-0.25, -0.2) is 0 Å². The van der Waals surface area contributed by atoms with Crippen LogP contribution in [0.25, 0.3) is 0 Å². The average Bonchev–Trinajstić information content (AvgIpc) is 2.30. The molecule has 1 rings (SSSR count). The molecule has 0 spiro atoms. The van der Waals surface area contributed by atoms with Gasteiger partial charge < -0.3 is 0 Å². The summed E-state index contributed by atoms with van der Waals surface area (Å²) in [4.78, 5) is 0. The summed E-state index contributed by atoms with van der Waals surface area (Å²) in [5, 5.41) is 4.40. The second-order valence-electron chi connectivity index (χ2n) is 4.15. The van der Waals surface area contributed by atoms with Gasteiger partial charge in [-0.05, 0) is 12.5 Å². The van der Waals surface area contributed by atoms with Crippen LogP contribution in [-0.2, 0) is 24.0 Å². The van der Waals surface area contributed by atoms with Crippen LogP contribution in [0, 0.1) is 6.92 Å². The monoisotopic (exact) mass is 216 g/mol. The third kappa shape index (κ3) is 3.83. The first kappa shape index (κ1) is 13.0. The summed E-state index contributed by atoms with van der Waals surface area (Å²) in [5.74, 6) is 0. The molecule has 1 aromatic rings. The predicted molar refractivity (Wildman–Crippen MR) is 55.6 cm³/mol. The molecular formula is C9H16N2O2S. The molecule has 1 heterocycles. The summed E-state index contributed by atoms with van der Waals surface area (Å²) in [5.41, 5.74) is 2.64. The first-order valence-electron chi connectivity index (χ1n) is 4.25. The van der Waals surface area contributed by atoms with Crippen molar-refractivity contribution in [1.82, 2.24) is 9.78 Å². The van der Waals surface area contributed by atoms with Crippen LogP contribution in [0.2, 0.25) is 0 Å². The van der Waals surface area contributed by atoms with Gasteiger partial charge in [0, 0.05) is 18.7 Å². The van der Waals surface area contributed by atoms with E-state index in [-0.39, 0.29) is 5.41 Å². The van der Waals surface area contributed by atoms with Gasteiger partial charge in [0.15, 0.2) is 0 Å². The lowest BCUT2D eigenvalue weighted by molar-refractivity contribution is 0.550. The Hall–Kier alpha value is -0.970. The quantitative estimate of drug-likeness (QED) is 0.658. The first-order valence-corrected chi connectivity index (χ1v) is 4.92. The molecule has 1 aromatic heterocycles. The van der Waals surface area contributed by atoms with E-state index in [9.17, 15) is 0 Å². The third-order valence-corrected chi connectivity index (χ3v) is 1.72. The second-order valence-corrected chi connectivity index (χ2v) is 4.29. The Kier molecular flexibility index (Phi) is 4.70. The van der Waals surface area contributed by atoms with Crippen molar-refractivity contribution < 1.29 is 8.42 Å². The smallest absolute Gasteiger partial charge is 0.275 e. The number of nitrogens with zero attached hydrogens (tertiary/aromatic N) is 2. The molecule has 0 amide bonds. The minimum absolute atomic E-state index is 0.172. The van der Waals surface area contributed by atoms with E-state index < -0.39 is 11.6 Å². The van der Waals surface area contributed by atoms with Crippen LogP contribution in [0.3, 0.4) is 0 Å². The van der Waals surface area contributed by atoms with Gasteiger partial charge >= 0.3 is 11.6 Å². The maximum Gasteiger partial charge on any atom is 0.335 e. The van der Waals surface area contributed by atoms with E-state index in [1.807, 2.05) is 11.7 Å². The molecule has 0 atom stereocenters. The summed E-state index contributed by atoms with van der Waals surface area (Å²) in [6, 6.07) is 0. The molecule has 4 nitrogen and oxygen atoms in total. The van der Waals surface area contributed by atoms with Crippen LogP contribution in [0.4, 0.5) is 0 Å². The van der Waals surface area contributed by atoms with Crippen LogP contribution >= 0.6 is 0 Å². The molecule has 0 saturated heterocycles. The molecule has 0 aromatic carbocycles. The molecule has 0 aliphatic carbocycles. The number of aromatic nitrogens is 2. The number of rotatable bonds is 0. The topological polar surface area (TPSA) is 52.0 Å². The van der Waals surface area contributed by atoms with Crippen LogP contribution < -0.4 is 0 Å². The van der Waals surface area contributed by atoms with Gasteiger partial charge in [-0.3, -0.25) is 4.68 Å². The highest BCUT2D eigenvalue weighted by atomic mass is 32.1. The number of hydrogen-bond acceptors (Lipinski definition) is 3. The number of aryl methyl sites for hydroxylation is 2. The summed E-state index contributed by atoms with van der Waals surface area (Å²) in [6.07, 6.45) is 2.06. The fourth-order valence-electron chi connectivity index (χ4n) is 1.35. The van der Waals surface area contributed by atoms with Gasteiger partial charge in [0.2, 0.25) is 0 Å². The molecule has 5 heteroatoms. The Balaban J connectivity index is 0.000000500. The molecule has 80 valence electrons. The zero-order chi connectivity index (χ0) is 11.4. The normalized spacial score (nSPS) is 10.4. The summed E-state index contributed by atoms with van der Waals surface area (Å²) in [6.45, 7) is 8.65. The van der Waals surface area contributed by atoms with Gasteiger partial charge in [0.25, 0.3) is 0 Å². The predicted octanol–water partition coefficient (Wildman–Crippen LogP) is 1.36. The van der Waals surface area contributed by atoms with Crippen LogP contribution in [-0.4, -0.2) is 18.2 Å². The molecule has 0 radical (unpaired) electrons. The molecule has 0 bridgehead atoms. The Bertz CT molecular complexity index is 333. The highest BCUT2D eigenvalue weighted by molar-refractivity contribution is 7.51. The van der Waals surface area contributed by atoms with Gasteiger partial charge in [-0.1, -0.05) is 20.8 Å². The Labute approximate surface area is 87.9 Å². The highest BCUT2D eigenvalue weighted by Crippen LogP contribution is 2.22. The van der Waals surface area contributed by atoms with E-state index in [1.54, 1.807) is 0 Å². The van der Waals surface area contributed by atoms with Crippen molar-refractivity contribution in [2.45, 2.75) is 33.1 Å². The summed E-state index contributed by atoms with van der Waals surface area (Å²) < 4.78 is 18.5. The lowest BCUT2D eigenvalue weighted by Crippen LogP contribution is -2.13. The minimum atomic E-state index is -0.750. The molecule has 0 aliphatic rings. The Morgan fingerprint density at radius 1 is 1.36 bits per heavy atom. The van der Waals surface area contributed by atoms with Gasteiger partial charge in [0.05, 0.1) is 5.69 Å². The average molecular weight is 216 g/mol. The van der Waals surface area contributed by atoms with Crippen LogP contribution in [0.1, 0.15) is 32.0 Å². The lowest BCUT2D eigenvalue weighted by atomic mass is 9.90. The van der Waals surface area contributed by atoms with E-state index in [0.717, 1.165) is 0 Å². The van der Waals surface area contributed by atoms with Crippen molar-refractivity contribution >= 4 is 11.6 Å². The van der Waals surface area contributed by atoms with Gasteiger partial charge in [-0.15, -0.1) is 0 Å². The highest BCUT2D eigenvalue weighted by Gasteiger charge is 2.19. The van der Waals surface area contributed by atoms with E-state index in [1.165, 1.54) is 11.3 Å². The minimum Gasteiger partial charge on any atom is -0.275 e. The van der Waals surface area contributed by atoms with Crippen LogP contribution in [0.15, 0.2) is 6.20 Å². The fraction of sp³-hybridized carbons (Fsp3) is 0.667. The van der Waals surface area contributed by atoms with E-state index >= 15 is 0 Å². The van der Waals surface area contributed by atoms with Crippen LogP contribution in [0.5, 0.6) is 0 Å². The van der Waals surface area contributed by atoms with Crippen molar-refractivity contribution in [2.24, 2.45) is 7.05 Å². The molecule has 0 fully saturated rings. The van der Waals surface area contributed by atoms with Crippen molar-refractivity contribution in [3.8, 4) is 0 Å². The lowest BCUT2D eigenvalue weighted by Gasteiger charge is -2.15. The fourth-order valence-corrected chi connectivity index (χ4v) is 1.35. The standard InChI is InChI=1S/C9H16N2.O2S/c1-7-6-11(5)10-8(7)9(2,3)4;1-3-2/h6H,1-5H3;.